The SMILES string of the molecule is CCC1CCCCN1C(=O)CN1CCN(C(=O)CC2CCCCC2)CC1. The Bertz CT molecular complexity index is 468. The molecule has 3 aliphatic rings. The zero-order valence-electron chi connectivity index (χ0n) is 16.6. The molecule has 1 saturated carbocycles. The van der Waals surface area contributed by atoms with Gasteiger partial charge in [-0.25, -0.2) is 0 Å². The van der Waals surface area contributed by atoms with Gasteiger partial charge in [-0.3, -0.25) is 14.5 Å². The van der Waals surface area contributed by atoms with E-state index in [-0.39, 0.29) is 0 Å². The van der Waals surface area contributed by atoms with Crippen LogP contribution in [0.3, 0.4) is 0 Å². The molecule has 5 heteroatoms. The second-order valence-corrected chi connectivity index (χ2v) is 8.51. The fourth-order valence-electron chi connectivity index (χ4n) is 4.96. The molecule has 2 aliphatic heterocycles. The molecule has 1 unspecified atom stereocenters. The molecule has 0 aromatic rings. The highest BCUT2D eigenvalue weighted by atomic mass is 16.2. The lowest BCUT2D eigenvalue weighted by Gasteiger charge is -2.39. The Balaban J connectivity index is 1.40. The van der Waals surface area contributed by atoms with Crippen LogP contribution in [0.1, 0.15) is 71.1 Å². The van der Waals surface area contributed by atoms with Crippen LogP contribution < -0.4 is 0 Å². The van der Waals surface area contributed by atoms with Gasteiger partial charge < -0.3 is 9.80 Å². The van der Waals surface area contributed by atoms with Gasteiger partial charge in [0.1, 0.15) is 0 Å². The minimum Gasteiger partial charge on any atom is -0.340 e. The largest absolute Gasteiger partial charge is 0.340 e. The lowest BCUT2D eigenvalue weighted by atomic mass is 9.86. The number of carbonyl (C=O) groups is 2. The fraction of sp³-hybridized carbons (Fsp3) is 0.905. The van der Waals surface area contributed by atoms with Crippen molar-refractivity contribution in [3.8, 4) is 0 Å². The van der Waals surface area contributed by atoms with Crippen molar-refractivity contribution in [2.24, 2.45) is 5.92 Å². The number of piperazine rings is 1. The number of carbonyl (C=O) groups excluding carboxylic acids is 2. The van der Waals surface area contributed by atoms with Crippen LogP contribution in [-0.4, -0.2) is 71.8 Å². The summed E-state index contributed by atoms with van der Waals surface area (Å²) in [5, 5.41) is 0. The van der Waals surface area contributed by atoms with Gasteiger partial charge in [0, 0.05) is 45.2 Å². The van der Waals surface area contributed by atoms with Crippen molar-refractivity contribution < 1.29 is 9.59 Å². The molecule has 0 aromatic heterocycles. The maximum atomic E-state index is 12.7. The van der Waals surface area contributed by atoms with E-state index in [1.807, 2.05) is 4.90 Å². The Morgan fingerprint density at radius 2 is 1.50 bits per heavy atom. The average molecular weight is 364 g/mol. The molecule has 0 aromatic carbocycles. The monoisotopic (exact) mass is 363 g/mol. The summed E-state index contributed by atoms with van der Waals surface area (Å²) in [6.45, 7) is 6.90. The summed E-state index contributed by atoms with van der Waals surface area (Å²) in [6, 6.07) is 0.439. The van der Waals surface area contributed by atoms with Crippen molar-refractivity contribution in [2.45, 2.75) is 77.2 Å². The summed E-state index contributed by atoms with van der Waals surface area (Å²) in [4.78, 5) is 31.7. The summed E-state index contributed by atoms with van der Waals surface area (Å²) < 4.78 is 0. The van der Waals surface area contributed by atoms with Gasteiger partial charge in [0.25, 0.3) is 0 Å². The highest BCUT2D eigenvalue weighted by molar-refractivity contribution is 5.79. The van der Waals surface area contributed by atoms with Gasteiger partial charge in [0.2, 0.25) is 11.8 Å². The summed E-state index contributed by atoms with van der Waals surface area (Å²) in [7, 11) is 0. The van der Waals surface area contributed by atoms with Crippen molar-refractivity contribution >= 4 is 11.8 Å². The normalized spacial score (nSPS) is 26.1. The Hall–Kier alpha value is -1.10. The molecular weight excluding hydrogens is 326 g/mol. The van der Waals surface area contributed by atoms with Crippen LogP contribution in [-0.2, 0) is 9.59 Å². The van der Waals surface area contributed by atoms with E-state index in [2.05, 4.69) is 16.7 Å². The number of amides is 2. The van der Waals surface area contributed by atoms with E-state index < -0.39 is 0 Å². The number of piperidine rings is 1. The van der Waals surface area contributed by atoms with Gasteiger partial charge >= 0.3 is 0 Å². The van der Waals surface area contributed by atoms with Gasteiger partial charge in [0.15, 0.2) is 0 Å². The molecule has 3 fully saturated rings. The predicted molar refractivity (Wildman–Crippen MR) is 104 cm³/mol. The molecular formula is C21H37N3O2. The third kappa shape index (κ3) is 5.21. The van der Waals surface area contributed by atoms with E-state index in [0.29, 0.717) is 30.3 Å². The van der Waals surface area contributed by atoms with Crippen molar-refractivity contribution in [2.75, 3.05) is 39.3 Å². The first-order valence-corrected chi connectivity index (χ1v) is 11.0. The lowest BCUT2D eigenvalue weighted by molar-refractivity contribution is -0.138. The summed E-state index contributed by atoms with van der Waals surface area (Å²) in [5.41, 5.74) is 0. The average Bonchev–Trinajstić information content (AvgIpc) is 2.69. The third-order valence-corrected chi connectivity index (χ3v) is 6.69. The number of rotatable bonds is 5. The van der Waals surface area contributed by atoms with Crippen molar-refractivity contribution in [3.63, 3.8) is 0 Å². The summed E-state index contributed by atoms with van der Waals surface area (Å²) in [5.74, 6) is 1.24. The zero-order chi connectivity index (χ0) is 18.4. The standard InChI is InChI=1S/C21H37N3O2/c1-2-19-10-6-7-11-24(19)21(26)17-22-12-14-23(15-13-22)20(25)16-18-8-4-3-5-9-18/h18-19H,2-17H2,1H3. The van der Waals surface area contributed by atoms with E-state index in [9.17, 15) is 9.59 Å². The second-order valence-electron chi connectivity index (χ2n) is 8.51. The fourth-order valence-corrected chi connectivity index (χ4v) is 4.96. The van der Waals surface area contributed by atoms with E-state index in [0.717, 1.165) is 58.4 Å². The van der Waals surface area contributed by atoms with Gasteiger partial charge in [-0.1, -0.05) is 26.2 Å². The number of likely N-dealkylation sites (tertiary alicyclic amines) is 1. The molecule has 2 amide bonds. The van der Waals surface area contributed by atoms with Crippen molar-refractivity contribution in [1.82, 2.24) is 14.7 Å². The number of hydrogen-bond acceptors (Lipinski definition) is 3. The minimum atomic E-state index is 0.290. The van der Waals surface area contributed by atoms with E-state index in [4.69, 9.17) is 0 Å². The van der Waals surface area contributed by atoms with Crippen molar-refractivity contribution in [1.29, 1.82) is 0 Å². The Morgan fingerprint density at radius 3 is 2.19 bits per heavy atom. The van der Waals surface area contributed by atoms with Gasteiger partial charge in [-0.15, -0.1) is 0 Å². The van der Waals surface area contributed by atoms with Crippen molar-refractivity contribution in [3.05, 3.63) is 0 Å². The molecule has 0 bridgehead atoms. The van der Waals surface area contributed by atoms with Crippen LogP contribution in [0.15, 0.2) is 0 Å². The first-order valence-electron chi connectivity index (χ1n) is 11.0. The van der Waals surface area contributed by atoms with Crippen LogP contribution in [0.4, 0.5) is 0 Å². The van der Waals surface area contributed by atoms with Crippen LogP contribution in [0.2, 0.25) is 0 Å². The molecule has 2 heterocycles. The van der Waals surface area contributed by atoms with Crippen LogP contribution in [0.25, 0.3) is 0 Å². The maximum absolute atomic E-state index is 12.7. The van der Waals surface area contributed by atoms with Crippen LogP contribution in [0, 0.1) is 5.92 Å². The topological polar surface area (TPSA) is 43.9 Å². The molecule has 1 aliphatic carbocycles. The molecule has 0 spiro atoms. The Labute approximate surface area is 159 Å². The lowest BCUT2D eigenvalue weighted by Crippen LogP contribution is -2.53. The molecule has 148 valence electrons. The van der Waals surface area contributed by atoms with E-state index in [1.165, 1.54) is 38.5 Å². The van der Waals surface area contributed by atoms with Gasteiger partial charge in [0.05, 0.1) is 6.54 Å². The molecule has 5 nitrogen and oxygen atoms in total. The van der Waals surface area contributed by atoms with Crippen LogP contribution >= 0.6 is 0 Å². The van der Waals surface area contributed by atoms with Gasteiger partial charge in [-0.05, 0) is 44.4 Å². The molecule has 2 saturated heterocycles. The quantitative estimate of drug-likeness (QED) is 0.754. The minimum absolute atomic E-state index is 0.290. The molecule has 0 radical (unpaired) electrons. The first kappa shape index (κ1) is 19.7. The zero-order valence-corrected chi connectivity index (χ0v) is 16.6. The molecule has 26 heavy (non-hydrogen) atoms. The third-order valence-electron chi connectivity index (χ3n) is 6.69. The summed E-state index contributed by atoms with van der Waals surface area (Å²) >= 11 is 0. The van der Waals surface area contributed by atoms with Gasteiger partial charge in [-0.2, -0.15) is 0 Å². The molecule has 0 N–H and O–H groups in total. The van der Waals surface area contributed by atoms with Crippen LogP contribution in [0.5, 0.6) is 0 Å². The Morgan fingerprint density at radius 1 is 0.808 bits per heavy atom. The Kier molecular flexibility index (Phi) is 7.35. The maximum Gasteiger partial charge on any atom is 0.236 e. The first-order chi connectivity index (χ1) is 12.7. The molecule has 1 atom stereocenters. The predicted octanol–water partition coefficient (Wildman–Crippen LogP) is 2.89. The second kappa shape index (κ2) is 9.72. The highest BCUT2D eigenvalue weighted by Gasteiger charge is 2.29. The molecule has 3 rings (SSSR count). The number of hydrogen-bond donors (Lipinski definition) is 0. The number of nitrogens with zero attached hydrogens (tertiary/aromatic N) is 3. The highest BCUT2D eigenvalue weighted by Crippen LogP contribution is 2.27. The van der Waals surface area contributed by atoms with E-state index in [1.54, 1.807) is 0 Å². The summed E-state index contributed by atoms with van der Waals surface area (Å²) in [6.07, 6.45) is 11.8. The van der Waals surface area contributed by atoms with E-state index >= 15 is 0 Å². The smallest absolute Gasteiger partial charge is 0.236 e.